The van der Waals surface area contributed by atoms with Gasteiger partial charge in [0.1, 0.15) is 11.2 Å². The van der Waals surface area contributed by atoms with E-state index in [1.165, 1.54) is 27.0 Å². The van der Waals surface area contributed by atoms with Crippen molar-refractivity contribution in [3.8, 4) is 27.3 Å². The average Bonchev–Trinajstić information content (AvgIpc) is 3.60. The molecule has 1 aliphatic rings. The highest BCUT2D eigenvalue weighted by Gasteiger charge is 2.33. The van der Waals surface area contributed by atoms with Gasteiger partial charge < -0.3 is 9.47 Å². The molecule has 0 saturated carbocycles. The lowest BCUT2D eigenvalue weighted by atomic mass is 10.1. The number of carbonyl (C=O) groups is 2. The van der Waals surface area contributed by atoms with Gasteiger partial charge in [0.25, 0.3) is 0 Å². The van der Waals surface area contributed by atoms with Gasteiger partial charge in [-0.05, 0) is 102 Å². The van der Waals surface area contributed by atoms with Crippen LogP contribution in [-0.4, -0.2) is 32.5 Å². The summed E-state index contributed by atoms with van der Waals surface area (Å²) in [5.74, 6) is 0. The average molecular weight is 531 g/mol. The fourth-order valence-corrected chi connectivity index (χ4v) is 8.18. The Morgan fingerprint density at radius 2 is 1.13 bits per heavy atom. The molecule has 0 atom stereocenters. The van der Waals surface area contributed by atoms with Crippen molar-refractivity contribution in [3.05, 3.63) is 78.1 Å². The molecule has 0 aliphatic heterocycles. The highest BCUT2D eigenvalue weighted by atomic mass is 31.1. The van der Waals surface area contributed by atoms with E-state index in [0.717, 1.165) is 30.7 Å². The Morgan fingerprint density at radius 1 is 0.684 bits per heavy atom. The Bertz CT molecular complexity index is 1400. The Kier molecular flexibility index (Phi) is 6.65. The predicted octanol–water partition coefficient (Wildman–Crippen LogP) is 8.65. The number of benzene rings is 1. The second kappa shape index (κ2) is 9.67. The number of ether oxygens (including phenoxy) is 2. The van der Waals surface area contributed by atoms with Crippen molar-refractivity contribution >= 4 is 19.7 Å². The maximum atomic E-state index is 13.3. The van der Waals surface area contributed by atoms with Crippen molar-refractivity contribution in [2.75, 3.05) is 0 Å². The van der Waals surface area contributed by atoms with E-state index in [2.05, 4.69) is 24.3 Å². The van der Waals surface area contributed by atoms with Gasteiger partial charge in [-0.15, -0.1) is 0 Å². The number of hydrogen-bond donors (Lipinski definition) is 0. The minimum Gasteiger partial charge on any atom is -0.443 e. The van der Waals surface area contributed by atoms with E-state index in [-0.39, 0.29) is 0 Å². The third-order valence-electron chi connectivity index (χ3n) is 6.41. The van der Waals surface area contributed by atoms with Crippen molar-refractivity contribution in [1.29, 1.82) is 0 Å². The van der Waals surface area contributed by atoms with Crippen molar-refractivity contribution < 1.29 is 19.1 Å². The van der Waals surface area contributed by atoms with Crippen LogP contribution in [0.3, 0.4) is 0 Å². The summed E-state index contributed by atoms with van der Waals surface area (Å²) < 4.78 is 14.8. The maximum absolute atomic E-state index is 13.3. The largest absolute Gasteiger partial charge is 0.443 e. The van der Waals surface area contributed by atoms with Crippen LogP contribution in [0.5, 0.6) is 0 Å². The molecule has 0 radical (unpaired) electrons. The van der Waals surface area contributed by atoms with Crippen molar-refractivity contribution in [3.63, 3.8) is 0 Å². The third-order valence-corrected chi connectivity index (χ3v) is 9.12. The zero-order valence-corrected chi connectivity index (χ0v) is 23.8. The highest BCUT2D eigenvalue weighted by molar-refractivity contribution is 7.63. The summed E-state index contributed by atoms with van der Waals surface area (Å²) in [5.41, 5.74) is 3.08. The Balaban J connectivity index is 1.76. The number of rotatable bonds is 3. The molecule has 0 unspecified atom stereocenters. The molecule has 0 spiro atoms. The van der Waals surface area contributed by atoms with Crippen molar-refractivity contribution in [1.82, 2.24) is 9.13 Å². The molecule has 7 heteroatoms. The van der Waals surface area contributed by atoms with Crippen LogP contribution in [0.1, 0.15) is 59.1 Å². The van der Waals surface area contributed by atoms with Gasteiger partial charge in [-0.3, -0.25) is 9.13 Å². The molecule has 198 valence electrons. The first kappa shape index (κ1) is 26.1. The fourth-order valence-electron chi connectivity index (χ4n) is 5.11. The second-order valence-corrected chi connectivity index (χ2v) is 13.7. The molecule has 1 aliphatic carbocycles. The molecule has 4 aromatic rings. The molecular weight excluding hydrogens is 495 g/mol. The summed E-state index contributed by atoms with van der Waals surface area (Å²) in [6.45, 7) is 11.3. The maximum Gasteiger partial charge on any atom is 0.419 e. The number of carbonyl (C=O) groups excluding carboxylic acids is 2. The van der Waals surface area contributed by atoms with Crippen LogP contribution in [-0.2, 0) is 22.3 Å². The normalized spacial score (nSPS) is 13.4. The summed E-state index contributed by atoms with van der Waals surface area (Å²) in [4.78, 5) is 26.5. The number of aromatic nitrogens is 2. The summed E-state index contributed by atoms with van der Waals surface area (Å²) in [6.07, 6.45) is 5.70. The summed E-state index contributed by atoms with van der Waals surface area (Å²) in [5, 5.41) is 3.51. The lowest BCUT2D eigenvalue weighted by Gasteiger charge is -2.21. The summed E-state index contributed by atoms with van der Waals surface area (Å²) >= 11 is 0. The molecule has 3 heterocycles. The highest BCUT2D eigenvalue weighted by Crippen LogP contribution is 2.62. The van der Waals surface area contributed by atoms with Crippen LogP contribution in [0, 0.1) is 0 Å². The SMILES string of the molecule is CC(C)(C)OC(=O)n1cccc1-c1c2c(c(-c3cccn3C(=O)OC(C)(C)C)p1-c1ccccc1)CCC2. The van der Waals surface area contributed by atoms with Gasteiger partial charge in [0, 0.05) is 23.0 Å². The molecule has 38 heavy (non-hydrogen) atoms. The molecule has 0 N–H and O–H groups in total. The molecule has 0 amide bonds. The van der Waals surface area contributed by atoms with Gasteiger partial charge in [0.2, 0.25) is 0 Å². The minimum atomic E-state index is -1.05. The monoisotopic (exact) mass is 530 g/mol. The van der Waals surface area contributed by atoms with E-state index in [1.807, 2.05) is 71.9 Å². The Labute approximate surface area is 225 Å². The third kappa shape index (κ3) is 4.98. The summed E-state index contributed by atoms with van der Waals surface area (Å²) in [7, 11) is -1.05. The lowest BCUT2D eigenvalue weighted by molar-refractivity contribution is 0.0529. The topological polar surface area (TPSA) is 62.5 Å². The van der Waals surface area contributed by atoms with E-state index in [9.17, 15) is 9.59 Å². The molecule has 0 bridgehead atoms. The lowest BCUT2D eigenvalue weighted by Crippen LogP contribution is -2.27. The molecule has 5 rings (SSSR count). The van der Waals surface area contributed by atoms with E-state index < -0.39 is 30.9 Å². The molecule has 1 aromatic carbocycles. The quantitative estimate of drug-likeness (QED) is 0.266. The van der Waals surface area contributed by atoms with Gasteiger partial charge in [0.15, 0.2) is 0 Å². The molecule has 0 fully saturated rings. The van der Waals surface area contributed by atoms with Crippen LogP contribution in [0.2, 0.25) is 0 Å². The van der Waals surface area contributed by atoms with Gasteiger partial charge in [-0.1, -0.05) is 37.9 Å². The number of hydrogen-bond acceptors (Lipinski definition) is 4. The second-order valence-electron chi connectivity index (χ2n) is 11.7. The molecule has 3 aromatic heterocycles. The number of fused-ring (bicyclic) bond motifs is 1. The van der Waals surface area contributed by atoms with Gasteiger partial charge in [0.05, 0.1) is 11.4 Å². The molecule has 6 nitrogen and oxygen atoms in total. The van der Waals surface area contributed by atoms with Crippen LogP contribution < -0.4 is 0 Å². The molecular formula is C31H35N2O4P. The first-order chi connectivity index (χ1) is 17.9. The fraction of sp³-hybridized carbons (Fsp3) is 0.355. The zero-order chi connectivity index (χ0) is 27.2. The smallest absolute Gasteiger partial charge is 0.419 e. The van der Waals surface area contributed by atoms with Crippen LogP contribution in [0.25, 0.3) is 27.3 Å². The summed E-state index contributed by atoms with van der Waals surface area (Å²) in [6, 6.07) is 18.2. The van der Waals surface area contributed by atoms with E-state index in [1.54, 1.807) is 21.5 Å². The Morgan fingerprint density at radius 3 is 1.55 bits per heavy atom. The standard InChI is InChI=1S/C31H35N2O4P/c1-30(2,3)36-28(34)32-19-11-17-24(32)26-22-15-10-16-23(22)27(38(26)21-13-8-7-9-14-21)25-18-12-20-33(25)29(35)37-31(4,5)6/h7-9,11-14,17-20H,10,15-16H2,1-6H3. The Hall–Kier alpha value is -3.50. The van der Waals surface area contributed by atoms with Crippen LogP contribution >= 0.6 is 7.53 Å². The van der Waals surface area contributed by atoms with Gasteiger partial charge >= 0.3 is 12.2 Å². The van der Waals surface area contributed by atoms with Crippen LogP contribution in [0.4, 0.5) is 9.59 Å². The van der Waals surface area contributed by atoms with Crippen molar-refractivity contribution in [2.45, 2.75) is 72.0 Å². The van der Waals surface area contributed by atoms with E-state index in [4.69, 9.17) is 9.47 Å². The van der Waals surface area contributed by atoms with Crippen LogP contribution in [0.15, 0.2) is 67.0 Å². The zero-order valence-electron chi connectivity index (χ0n) is 22.9. The first-order valence-corrected chi connectivity index (χ1v) is 14.4. The first-order valence-electron chi connectivity index (χ1n) is 13.1. The number of nitrogens with zero attached hydrogens (tertiary/aromatic N) is 2. The molecule has 0 saturated heterocycles. The minimum absolute atomic E-state index is 0.390. The van der Waals surface area contributed by atoms with Gasteiger partial charge in [-0.2, -0.15) is 0 Å². The predicted molar refractivity (Wildman–Crippen MR) is 153 cm³/mol. The van der Waals surface area contributed by atoms with E-state index in [0.29, 0.717) is 0 Å². The van der Waals surface area contributed by atoms with Gasteiger partial charge in [-0.25, -0.2) is 9.59 Å². The van der Waals surface area contributed by atoms with Crippen molar-refractivity contribution in [2.24, 2.45) is 0 Å². The van der Waals surface area contributed by atoms with E-state index >= 15 is 0 Å².